The lowest BCUT2D eigenvalue weighted by molar-refractivity contribution is 0.101. The molecule has 1 amide bonds. The zero-order valence-electron chi connectivity index (χ0n) is 15.1. The van der Waals surface area contributed by atoms with Crippen LogP contribution in [0.15, 0.2) is 71.5 Å². The highest BCUT2D eigenvalue weighted by molar-refractivity contribution is 6.03. The van der Waals surface area contributed by atoms with Gasteiger partial charge in [0.15, 0.2) is 11.5 Å². The Morgan fingerprint density at radius 1 is 1.18 bits per heavy atom. The molecule has 2 heterocycles. The Morgan fingerprint density at radius 2 is 1.96 bits per heavy atom. The Balaban J connectivity index is 1.44. The molecule has 4 rings (SSSR count). The molecule has 7 heteroatoms. The Kier molecular flexibility index (Phi) is 4.72. The lowest BCUT2D eigenvalue weighted by Crippen LogP contribution is -2.11. The molecule has 0 aliphatic carbocycles. The largest absolute Gasteiger partial charge is 0.355 e. The van der Waals surface area contributed by atoms with E-state index in [1.165, 1.54) is 23.8 Å². The van der Waals surface area contributed by atoms with Gasteiger partial charge in [-0.15, -0.1) is 0 Å². The van der Waals surface area contributed by atoms with Crippen LogP contribution in [0.4, 0.5) is 10.1 Å². The third kappa shape index (κ3) is 3.83. The van der Waals surface area contributed by atoms with Crippen molar-refractivity contribution in [3.05, 3.63) is 89.6 Å². The summed E-state index contributed by atoms with van der Waals surface area (Å²) in [5.74, 6) is -0.364. The van der Waals surface area contributed by atoms with Crippen molar-refractivity contribution >= 4 is 11.6 Å². The lowest BCUT2D eigenvalue weighted by atomic mass is 10.1. The van der Waals surface area contributed by atoms with E-state index in [0.29, 0.717) is 23.6 Å². The molecule has 0 aliphatic rings. The van der Waals surface area contributed by atoms with E-state index in [1.54, 1.807) is 29.2 Å². The first-order valence-corrected chi connectivity index (χ1v) is 8.69. The zero-order valence-corrected chi connectivity index (χ0v) is 15.1. The molecule has 0 aliphatic heterocycles. The number of nitrogens with zero attached hydrogens (tertiary/aromatic N) is 3. The average Bonchev–Trinajstić information content (AvgIpc) is 3.34. The molecular formula is C21H17FN4O2. The van der Waals surface area contributed by atoms with Gasteiger partial charge >= 0.3 is 0 Å². The number of aromatic nitrogens is 3. The number of anilines is 1. The molecule has 0 spiro atoms. The van der Waals surface area contributed by atoms with E-state index >= 15 is 0 Å². The van der Waals surface area contributed by atoms with Gasteiger partial charge in [0.1, 0.15) is 5.82 Å². The maximum Gasteiger partial charge on any atom is 0.277 e. The summed E-state index contributed by atoms with van der Waals surface area (Å²) in [7, 11) is 0. The Bertz CT molecular complexity index is 1120. The van der Waals surface area contributed by atoms with Gasteiger partial charge in [0.25, 0.3) is 5.91 Å². The number of nitrogens with one attached hydrogen (secondary N) is 1. The highest BCUT2D eigenvalue weighted by Gasteiger charge is 2.15. The number of hydrogen-bond acceptors (Lipinski definition) is 4. The number of halogens is 1. The van der Waals surface area contributed by atoms with Crippen LogP contribution >= 0.6 is 0 Å². The second-order valence-electron chi connectivity index (χ2n) is 6.39. The summed E-state index contributed by atoms with van der Waals surface area (Å²) in [6.07, 6.45) is 3.34. The van der Waals surface area contributed by atoms with Crippen molar-refractivity contribution < 1.29 is 13.7 Å². The smallest absolute Gasteiger partial charge is 0.277 e. The molecule has 0 saturated heterocycles. The summed E-state index contributed by atoms with van der Waals surface area (Å²) in [5, 5.41) is 10.8. The van der Waals surface area contributed by atoms with Crippen molar-refractivity contribution in [2.45, 2.75) is 13.5 Å². The van der Waals surface area contributed by atoms with Gasteiger partial charge in [-0.05, 0) is 42.3 Å². The molecule has 1 N–H and O–H groups in total. The van der Waals surface area contributed by atoms with Crippen LogP contribution in [0, 0.1) is 12.7 Å². The summed E-state index contributed by atoms with van der Waals surface area (Å²) in [6, 6.07) is 15.3. The van der Waals surface area contributed by atoms with Crippen molar-refractivity contribution in [1.29, 1.82) is 0 Å². The number of carbonyl (C=O) groups is 1. The Hall–Kier alpha value is -3.74. The molecular weight excluding hydrogens is 359 g/mol. The van der Waals surface area contributed by atoms with Crippen LogP contribution in [-0.4, -0.2) is 20.8 Å². The molecule has 28 heavy (non-hydrogen) atoms. The van der Waals surface area contributed by atoms with Crippen LogP contribution < -0.4 is 5.32 Å². The quantitative estimate of drug-likeness (QED) is 0.564. The molecule has 0 fully saturated rings. The van der Waals surface area contributed by atoms with E-state index in [1.807, 2.05) is 31.2 Å². The van der Waals surface area contributed by atoms with Crippen molar-refractivity contribution in [3.63, 3.8) is 0 Å². The monoisotopic (exact) mass is 376 g/mol. The predicted molar refractivity (Wildman–Crippen MR) is 102 cm³/mol. The molecule has 0 bridgehead atoms. The van der Waals surface area contributed by atoms with E-state index in [9.17, 15) is 9.18 Å². The van der Waals surface area contributed by atoms with Gasteiger partial charge in [0, 0.05) is 17.8 Å². The maximum atomic E-state index is 13.0. The highest BCUT2D eigenvalue weighted by atomic mass is 19.1. The standard InChI is InChI=1S/C21H17FN4O2/c1-14-4-2-3-5-16(14)12-26-13-18(11-23-26)24-21(27)19-10-20(28-25-19)15-6-8-17(22)9-7-15/h2-11,13H,12H2,1H3,(H,24,27). The molecule has 0 atom stereocenters. The fourth-order valence-electron chi connectivity index (χ4n) is 2.80. The number of amides is 1. The molecule has 0 saturated carbocycles. The van der Waals surface area contributed by atoms with Crippen LogP contribution in [0.2, 0.25) is 0 Å². The predicted octanol–water partition coefficient (Wildman–Crippen LogP) is 4.29. The summed E-state index contributed by atoms with van der Waals surface area (Å²) in [6.45, 7) is 2.66. The number of rotatable bonds is 5. The lowest BCUT2D eigenvalue weighted by Gasteiger charge is -2.05. The van der Waals surface area contributed by atoms with Crippen molar-refractivity contribution in [2.75, 3.05) is 5.32 Å². The Morgan fingerprint density at radius 3 is 2.75 bits per heavy atom. The highest BCUT2D eigenvalue weighted by Crippen LogP contribution is 2.21. The number of aryl methyl sites for hydroxylation is 1. The van der Waals surface area contributed by atoms with Crippen LogP contribution in [0.5, 0.6) is 0 Å². The third-order valence-electron chi connectivity index (χ3n) is 4.36. The zero-order chi connectivity index (χ0) is 19.5. The minimum Gasteiger partial charge on any atom is -0.355 e. The summed E-state index contributed by atoms with van der Waals surface area (Å²) < 4.78 is 20.0. The van der Waals surface area contributed by atoms with E-state index < -0.39 is 5.91 Å². The fraction of sp³-hybridized carbons (Fsp3) is 0.0952. The number of carbonyl (C=O) groups excluding carboxylic acids is 1. The molecule has 4 aromatic rings. The van der Waals surface area contributed by atoms with E-state index in [-0.39, 0.29) is 11.5 Å². The van der Waals surface area contributed by atoms with Gasteiger partial charge in [-0.25, -0.2) is 4.39 Å². The summed E-state index contributed by atoms with van der Waals surface area (Å²) in [4.78, 5) is 12.4. The second-order valence-corrected chi connectivity index (χ2v) is 6.39. The van der Waals surface area contributed by atoms with Crippen molar-refractivity contribution in [3.8, 4) is 11.3 Å². The first-order chi connectivity index (χ1) is 13.6. The molecule has 0 radical (unpaired) electrons. The first-order valence-electron chi connectivity index (χ1n) is 8.69. The van der Waals surface area contributed by atoms with Gasteiger partial charge in [-0.3, -0.25) is 9.48 Å². The second kappa shape index (κ2) is 7.48. The van der Waals surface area contributed by atoms with Crippen LogP contribution in [0.1, 0.15) is 21.6 Å². The van der Waals surface area contributed by atoms with E-state index in [0.717, 1.165) is 5.56 Å². The van der Waals surface area contributed by atoms with Crippen LogP contribution in [0.3, 0.4) is 0 Å². The molecule has 2 aromatic heterocycles. The minimum absolute atomic E-state index is 0.131. The van der Waals surface area contributed by atoms with Crippen molar-refractivity contribution in [1.82, 2.24) is 14.9 Å². The Labute approximate surface area is 160 Å². The molecule has 0 unspecified atom stereocenters. The topological polar surface area (TPSA) is 73.0 Å². The third-order valence-corrected chi connectivity index (χ3v) is 4.36. The van der Waals surface area contributed by atoms with Gasteiger partial charge in [0.2, 0.25) is 0 Å². The van der Waals surface area contributed by atoms with Crippen LogP contribution in [0.25, 0.3) is 11.3 Å². The van der Waals surface area contributed by atoms with E-state index in [2.05, 4.69) is 15.6 Å². The van der Waals surface area contributed by atoms with Gasteiger partial charge in [-0.1, -0.05) is 29.4 Å². The fourth-order valence-corrected chi connectivity index (χ4v) is 2.80. The molecule has 140 valence electrons. The number of hydrogen-bond donors (Lipinski definition) is 1. The first kappa shape index (κ1) is 17.7. The SMILES string of the molecule is Cc1ccccc1Cn1cc(NC(=O)c2cc(-c3ccc(F)cc3)on2)cn1. The normalized spacial score (nSPS) is 10.8. The maximum absolute atomic E-state index is 13.0. The number of benzene rings is 2. The summed E-state index contributed by atoms with van der Waals surface area (Å²) in [5.41, 5.74) is 3.67. The average molecular weight is 376 g/mol. The van der Waals surface area contributed by atoms with Gasteiger partial charge in [-0.2, -0.15) is 5.10 Å². The van der Waals surface area contributed by atoms with E-state index in [4.69, 9.17) is 4.52 Å². The van der Waals surface area contributed by atoms with Crippen LogP contribution in [-0.2, 0) is 6.54 Å². The summed E-state index contributed by atoms with van der Waals surface area (Å²) >= 11 is 0. The minimum atomic E-state index is -0.410. The van der Waals surface area contributed by atoms with Crippen molar-refractivity contribution in [2.24, 2.45) is 0 Å². The van der Waals surface area contributed by atoms with Gasteiger partial charge in [0.05, 0.1) is 18.4 Å². The van der Waals surface area contributed by atoms with Gasteiger partial charge < -0.3 is 9.84 Å². The molecule has 6 nitrogen and oxygen atoms in total. The molecule has 2 aromatic carbocycles.